The van der Waals surface area contributed by atoms with Crippen LogP contribution >= 0.6 is 0 Å². The predicted molar refractivity (Wildman–Crippen MR) is 127 cm³/mol. The van der Waals surface area contributed by atoms with Gasteiger partial charge in [0.2, 0.25) is 5.91 Å². The second-order valence-electron chi connectivity index (χ2n) is 9.49. The van der Waals surface area contributed by atoms with Gasteiger partial charge < -0.3 is 20.1 Å². The van der Waals surface area contributed by atoms with Crippen LogP contribution in [-0.2, 0) is 24.3 Å². The number of fused-ring (bicyclic) bond motifs is 1. The highest BCUT2D eigenvalue weighted by Gasteiger charge is 2.34. The molecule has 32 heavy (non-hydrogen) atoms. The third kappa shape index (κ3) is 5.65. The lowest BCUT2D eigenvalue weighted by atomic mass is 9.86. The summed E-state index contributed by atoms with van der Waals surface area (Å²) in [6, 6.07) is 9.60. The molecule has 1 atom stereocenters. The maximum Gasteiger partial charge on any atom is 0.272 e. The number of hydrogen-bond donors (Lipinski definition) is 2. The molecule has 0 saturated heterocycles. The number of likely N-dealkylation sites (N-methyl/N-ethyl adjacent to an activating group) is 1. The van der Waals surface area contributed by atoms with Gasteiger partial charge in [-0.25, -0.2) is 4.98 Å². The summed E-state index contributed by atoms with van der Waals surface area (Å²) in [5.74, 6) is 0.259. The van der Waals surface area contributed by atoms with E-state index < -0.39 is 11.5 Å². The lowest BCUT2D eigenvalue weighted by Gasteiger charge is -2.29. The van der Waals surface area contributed by atoms with Crippen molar-refractivity contribution in [3.63, 3.8) is 0 Å². The van der Waals surface area contributed by atoms with E-state index in [-0.39, 0.29) is 11.8 Å². The normalized spacial score (nSPS) is 15.8. The number of amides is 2. The molecule has 1 aliphatic heterocycles. The van der Waals surface area contributed by atoms with Crippen molar-refractivity contribution in [3.8, 4) is 0 Å². The van der Waals surface area contributed by atoms with E-state index in [4.69, 9.17) is 4.98 Å². The number of carbonyl (C=O) groups excluding carboxylic acids is 2. The Bertz CT molecular complexity index is 972. The molecule has 7 heteroatoms. The molecule has 2 aromatic rings. The van der Waals surface area contributed by atoms with Gasteiger partial charge in [0, 0.05) is 20.1 Å². The summed E-state index contributed by atoms with van der Waals surface area (Å²) in [5.41, 5.74) is 2.09. The van der Waals surface area contributed by atoms with Crippen LogP contribution in [0.25, 0.3) is 6.08 Å². The number of nitrogens with one attached hydrogen (secondary N) is 2. The second-order valence-corrected chi connectivity index (χ2v) is 9.49. The van der Waals surface area contributed by atoms with Crippen LogP contribution in [0.4, 0.5) is 0 Å². The highest BCUT2D eigenvalue weighted by molar-refractivity contribution is 5.97. The molecule has 2 N–H and O–H groups in total. The summed E-state index contributed by atoms with van der Waals surface area (Å²) in [6.07, 6.45) is 5.87. The number of aromatic nitrogens is 2. The first-order chi connectivity index (χ1) is 15.2. The van der Waals surface area contributed by atoms with E-state index in [0.717, 1.165) is 37.4 Å². The molecule has 7 nitrogen and oxygen atoms in total. The van der Waals surface area contributed by atoms with Gasteiger partial charge in [0.25, 0.3) is 5.91 Å². The van der Waals surface area contributed by atoms with Gasteiger partial charge in [-0.1, -0.05) is 57.2 Å². The zero-order valence-electron chi connectivity index (χ0n) is 19.8. The lowest BCUT2D eigenvalue weighted by molar-refractivity contribution is -0.124. The van der Waals surface area contributed by atoms with Gasteiger partial charge >= 0.3 is 0 Å². The molecular weight excluding hydrogens is 402 g/mol. The van der Waals surface area contributed by atoms with Gasteiger partial charge in [-0.05, 0) is 43.5 Å². The Morgan fingerprint density at radius 1 is 1.19 bits per heavy atom. The minimum Gasteiger partial charge on any atom is -0.357 e. The summed E-state index contributed by atoms with van der Waals surface area (Å²) in [7, 11) is 3.64. The minimum absolute atomic E-state index is 0.212. The maximum absolute atomic E-state index is 13.3. The fourth-order valence-corrected chi connectivity index (χ4v) is 3.99. The molecule has 0 unspecified atom stereocenters. The van der Waals surface area contributed by atoms with Gasteiger partial charge in [0.05, 0.1) is 5.69 Å². The quantitative estimate of drug-likeness (QED) is 0.728. The standard InChI is InChI=1S/C25H35N5O2/c1-25(2,3)22(24(32)26-4)28-23(31)21-19-17-29(5)15-10-16-30(19)20(27-21)14-9-13-18-11-7-6-8-12-18/h6-9,11-12,14,22H,10,13,15-17H2,1-5H3,(H,26,32)(H,28,31)/t22-/m1/s1. The fraction of sp³-hybridized carbons (Fsp3) is 0.480. The molecule has 1 aliphatic rings. The molecular formula is C25H35N5O2. The third-order valence-corrected chi connectivity index (χ3v) is 5.77. The Balaban J connectivity index is 1.91. The Labute approximate surface area is 190 Å². The van der Waals surface area contributed by atoms with E-state index in [1.54, 1.807) is 7.05 Å². The number of rotatable bonds is 6. The van der Waals surface area contributed by atoms with Crippen molar-refractivity contribution in [1.82, 2.24) is 25.1 Å². The Morgan fingerprint density at radius 2 is 1.91 bits per heavy atom. The van der Waals surface area contributed by atoms with Crippen molar-refractivity contribution < 1.29 is 9.59 Å². The Hall–Kier alpha value is -2.93. The van der Waals surface area contributed by atoms with Crippen molar-refractivity contribution >= 4 is 17.9 Å². The van der Waals surface area contributed by atoms with Gasteiger partial charge in [-0.15, -0.1) is 0 Å². The van der Waals surface area contributed by atoms with Crippen molar-refractivity contribution in [2.75, 3.05) is 20.6 Å². The molecule has 0 bridgehead atoms. The molecule has 3 rings (SSSR count). The van der Waals surface area contributed by atoms with Crippen LogP contribution in [0.1, 0.15) is 54.8 Å². The number of carbonyl (C=O) groups is 2. The molecule has 0 spiro atoms. The van der Waals surface area contributed by atoms with Crippen LogP contribution < -0.4 is 10.6 Å². The Morgan fingerprint density at radius 3 is 2.56 bits per heavy atom. The summed E-state index contributed by atoms with van der Waals surface area (Å²) < 4.78 is 2.14. The molecule has 0 fully saturated rings. The number of imidazole rings is 1. The number of hydrogen-bond acceptors (Lipinski definition) is 4. The summed E-state index contributed by atoms with van der Waals surface area (Å²) in [4.78, 5) is 32.7. The maximum atomic E-state index is 13.3. The van der Waals surface area contributed by atoms with Gasteiger partial charge in [-0.2, -0.15) is 0 Å². The van der Waals surface area contributed by atoms with E-state index in [2.05, 4.69) is 45.4 Å². The first kappa shape index (κ1) is 23.7. The monoisotopic (exact) mass is 437 g/mol. The van der Waals surface area contributed by atoms with Crippen LogP contribution in [-0.4, -0.2) is 52.9 Å². The van der Waals surface area contributed by atoms with E-state index in [1.165, 1.54) is 5.56 Å². The van der Waals surface area contributed by atoms with Crippen molar-refractivity contribution in [3.05, 3.63) is 59.2 Å². The summed E-state index contributed by atoms with van der Waals surface area (Å²) in [6.45, 7) is 8.22. The molecule has 172 valence electrons. The fourth-order valence-electron chi connectivity index (χ4n) is 3.99. The highest BCUT2D eigenvalue weighted by atomic mass is 16.2. The minimum atomic E-state index is -0.655. The predicted octanol–water partition coefficient (Wildman–Crippen LogP) is 2.87. The molecule has 2 heterocycles. The average Bonchev–Trinajstić information content (AvgIpc) is 2.96. The van der Waals surface area contributed by atoms with Crippen LogP contribution in [0, 0.1) is 5.41 Å². The van der Waals surface area contributed by atoms with E-state index in [9.17, 15) is 9.59 Å². The highest BCUT2D eigenvalue weighted by Crippen LogP contribution is 2.23. The van der Waals surface area contributed by atoms with Gasteiger partial charge in [0.15, 0.2) is 5.69 Å². The smallest absolute Gasteiger partial charge is 0.272 e. The van der Waals surface area contributed by atoms with E-state index in [0.29, 0.717) is 12.2 Å². The molecule has 0 radical (unpaired) electrons. The van der Waals surface area contributed by atoms with E-state index in [1.807, 2.05) is 45.0 Å². The number of allylic oxidation sites excluding steroid dienone is 1. The number of nitrogens with zero attached hydrogens (tertiary/aromatic N) is 3. The molecule has 0 saturated carbocycles. The first-order valence-corrected chi connectivity index (χ1v) is 11.2. The third-order valence-electron chi connectivity index (χ3n) is 5.77. The topological polar surface area (TPSA) is 79.3 Å². The summed E-state index contributed by atoms with van der Waals surface area (Å²) >= 11 is 0. The van der Waals surface area contributed by atoms with Gasteiger partial charge in [0.1, 0.15) is 11.9 Å². The van der Waals surface area contributed by atoms with Crippen LogP contribution in [0.2, 0.25) is 0 Å². The average molecular weight is 438 g/mol. The van der Waals surface area contributed by atoms with Crippen molar-refractivity contribution in [1.29, 1.82) is 0 Å². The largest absolute Gasteiger partial charge is 0.357 e. The van der Waals surface area contributed by atoms with Crippen molar-refractivity contribution in [2.24, 2.45) is 5.41 Å². The SMILES string of the molecule is CNC(=O)[C@@H](NC(=O)c1nc(C=CCc2ccccc2)n2c1CN(C)CCC2)C(C)(C)C. The van der Waals surface area contributed by atoms with Crippen LogP contribution in [0.5, 0.6) is 0 Å². The van der Waals surface area contributed by atoms with Crippen molar-refractivity contribution in [2.45, 2.75) is 52.7 Å². The molecule has 0 aliphatic carbocycles. The summed E-state index contributed by atoms with van der Waals surface area (Å²) in [5, 5.41) is 5.59. The zero-order chi connectivity index (χ0) is 23.3. The van der Waals surface area contributed by atoms with Crippen LogP contribution in [0.15, 0.2) is 36.4 Å². The lowest BCUT2D eigenvalue weighted by Crippen LogP contribution is -2.53. The zero-order valence-corrected chi connectivity index (χ0v) is 19.8. The first-order valence-electron chi connectivity index (χ1n) is 11.2. The Kier molecular flexibility index (Phi) is 7.51. The van der Waals surface area contributed by atoms with E-state index >= 15 is 0 Å². The van der Waals surface area contributed by atoms with Gasteiger partial charge in [-0.3, -0.25) is 9.59 Å². The number of benzene rings is 1. The molecule has 1 aromatic heterocycles. The van der Waals surface area contributed by atoms with Crippen LogP contribution in [0.3, 0.4) is 0 Å². The second kappa shape index (κ2) is 10.1. The molecule has 2 amide bonds. The molecule has 1 aromatic carbocycles.